The number of hydrogen-bond acceptors (Lipinski definition) is 3. The molecule has 122 valence electrons. The molecule has 0 saturated carbocycles. The highest BCUT2D eigenvalue weighted by Crippen LogP contribution is 2.18. The number of rotatable bonds is 6. The van der Waals surface area contributed by atoms with Gasteiger partial charge in [-0.15, -0.1) is 0 Å². The zero-order valence-electron chi connectivity index (χ0n) is 13.2. The lowest BCUT2D eigenvalue weighted by molar-refractivity contribution is 0.174. The molecular weight excluding hydrogens is 303 g/mol. The second-order valence-electron chi connectivity index (χ2n) is 5.61. The number of nitrogens with one attached hydrogen (secondary N) is 1. The summed E-state index contributed by atoms with van der Waals surface area (Å²) in [5, 5.41) is 13.4. The fourth-order valence-electron chi connectivity index (χ4n) is 2.53. The molecule has 0 aliphatic carbocycles. The van der Waals surface area contributed by atoms with E-state index in [1.54, 1.807) is 18.3 Å². The van der Waals surface area contributed by atoms with Crippen molar-refractivity contribution < 1.29 is 9.50 Å². The van der Waals surface area contributed by atoms with Crippen molar-refractivity contribution >= 4 is 0 Å². The fraction of sp³-hybridized carbons (Fsp3) is 0.150. The van der Waals surface area contributed by atoms with Gasteiger partial charge in [0.25, 0.3) is 0 Å². The molecule has 1 aromatic heterocycles. The highest BCUT2D eigenvalue weighted by molar-refractivity contribution is 5.59. The van der Waals surface area contributed by atoms with Crippen molar-refractivity contribution in [2.45, 2.75) is 12.6 Å². The Morgan fingerprint density at radius 2 is 1.83 bits per heavy atom. The molecule has 3 rings (SSSR count). The molecule has 1 unspecified atom stereocenters. The number of pyridine rings is 1. The number of hydrogen-bond donors (Lipinski definition) is 2. The van der Waals surface area contributed by atoms with Crippen molar-refractivity contribution in [1.82, 2.24) is 10.3 Å². The zero-order chi connectivity index (χ0) is 16.8. The standard InChI is InChI=1S/C20H19FN2O/c21-18-9-7-16(8-10-18)20(24)14-22-13-15-4-3-5-17(12-15)19-6-1-2-11-23-19/h1-12,20,22,24H,13-14H2. The van der Waals surface area contributed by atoms with Crippen LogP contribution in [-0.4, -0.2) is 16.6 Å². The molecule has 0 saturated heterocycles. The molecule has 3 nitrogen and oxygen atoms in total. The molecule has 0 aliphatic rings. The quantitative estimate of drug-likeness (QED) is 0.727. The average Bonchev–Trinajstić information content (AvgIpc) is 2.63. The maximum Gasteiger partial charge on any atom is 0.123 e. The molecule has 0 bridgehead atoms. The molecule has 2 N–H and O–H groups in total. The van der Waals surface area contributed by atoms with Gasteiger partial charge in [-0.05, 0) is 41.5 Å². The maximum absolute atomic E-state index is 12.9. The Bertz CT molecular complexity index is 775. The second kappa shape index (κ2) is 7.81. The number of benzene rings is 2. The van der Waals surface area contributed by atoms with Gasteiger partial charge < -0.3 is 10.4 Å². The summed E-state index contributed by atoms with van der Waals surface area (Å²) < 4.78 is 12.9. The molecule has 24 heavy (non-hydrogen) atoms. The van der Waals surface area contributed by atoms with Crippen molar-refractivity contribution in [3.8, 4) is 11.3 Å². The zero-order valence-corrected chi connectivity index (χ0v) is 13.2. The average molecular weight is 322 g/mol. The van der Waals surface area contributed by atoms with Crippen LogP contribution in [0.15, 0.2) is 72.9 Å². The molecule has 3 aromatic rings. The van der Waals surface area contributed by atoms with Gasteiger partial charge in [-0.2, -0.15) is 0 Å². The molecule has 1 heterocycles. The number of aliphatic hydroxyl groups is 1. The van der Waals surface area contributed by atoms with Gasteiger partial charge in [0.05, 0.1) is 11.8 Å². The van der Waals surface area contributed by atoms with E-state index in [-0.39, 0.29) is 5.82 Å². The predicted octanol–water partition coefficient (Wildman–Crippen LogP) is 3.71. The van der Waals surface area contributed by atoms with Gasteiger partial charge in [0.2, 0.25) is 0 Å². The van der Waals surface area contributed by atoms with Crippen molar-refractivity contribution in [3.63, 3.8) is 0 Å². The van der Waals surface area contributed by atoms with Gasteiger partial charge in [-0.1, -0.05) is 36.4 Å². The molecular formula is C20H19FN2O. The van der Waals surface area contributed by atoms with E-state index in [2.05, 4.69) is 16.4 Å². The summed E-state index contributed by atoms with van der Waals surface area (Å²) in [6.07, 6.45) is 1.11. The summed E-state index contributed by atoms with van der Waals surface area (Å²) in [6.45, 7) is 1.04. The van der Waals surface area contributed by atoms with E-state index in [1.165, 1.54) is 12.1 Å². The molecule has 0 fully saturated rings. The summed E-state index contributed by atoms with van der Waals surface area (Å²) in [5.74, 6) is -0.301. The Balaban J connectivity index is 1.58. The molecule has 0 aliphatic heterocycles. The minimum absolute atomic E-state index is 0.301. The van der Waals surface area contributed by atoms with E-state index in [4.69, 9.17) is 0 Å². The predicted molar refractivity (Wildman–Crippen MR) is 92.7 cm³/mol. The van der Waals surface area contributed by atoms with Gasteiger partial charge in [-0.3, -0.25) is 4.98 Å². The normalized spacial score (nSPS) is 12.1. The third-order valence-electron chi connectivity index (χ3n) is 3.81. The molecule has 1 atom stereocenters. The Morgan fingerprint density at radius 3 is 2.58 bits per heavy atom. The van der Waals surface area contributed by atoms with Crippen LogP contribution in [0.2, 0.25) is 0 Å². The molecule has 2 aromatic carbocycles. The lowest BCUT2D eigenvalue weighted by Gasteiger charge is -2.12. The van der Waals surface area contributed by atoms with E-state index in [9.17, 15) is 9.50 Å². The van der Waals surface area contributed by atoms with Crippen LogP contribution < -0.4 is 5.32 Å². The van der Waals surface area contributed by atoms with Crippen LogP contribution in [0.5, 0.6) is 0 Å². The van der Waals surface area contributed by atoms with E-state index in [0.717, 1.165) is 16.8 Å². The Hall–Kier alpha value is -2.56. The Labute approximate surface area is 140 Å². The smallest absolute Gasteiger partial charge is 0.123 e. The van der Waals surface area contributed by atoms with Gasteiger partial charge >= 0.3 is 0 Å². The molecule has 0 radical (unpaired) electrons. The summed E-state index contributed by atoms with van der Waals surface area (Å²) in [6, 6.07) is 19.9. The van der Waals surface area contributed by atoms with Crippen molar-refractivity contribution in [2.75, 3.05) is 6.54 Å². The molecule has 0 amide bonds. The Morgan fingerprint density at radius 1 is 1.00 bits per heavy atom. The van der Waals surface area contributed by atoms with E-state index in [0.29, 0.717) is 18.7 Å². The van der Waals surface area contributed by atoms with Crippen LogP contribution in [0.4, 0.5) is 4.39 Å². The first kappa shape index (κ1) is 16.3. The summed E-state index contributed by atoms with van der Waals surface area (Å²) in [7, 11) is 0. The monoisotopic (exact) mass is 322 g/mol. The van der Waals surface area contributed by atoms with Gasteiger partial charge in [-0.25, -0.2) is 4.39 Å². The molecule has 4 heteroatoms. The highest BCUT2D eigenvalue weighted by atomic mass is 19.1. The molecule has 0 spiro atoms. The number of halogens is 1. The van der Waals surface area contributed by atoms with E-state index < -0.39 is 6.10 Å². The van der Waals surface area contributed by atoms with Crippen LogP contribution in [0, 0.1) is 5.82 Å². The second-order valence-corrected chi connectivity index (χ2v) is 5.61. The van der Waals surface area contributed by atoms with Gasteiger partial charge in [0.1, 0.15) is 5.82 Å². The first-order valence-electron chi connectivity index (χ1n) is 7.87. The SMILES string of the molecule is OC(CNCc1cccc(-c2ccccn2)c1)c1ccc(F)cc1. The first-order valence-corrected chi connectivity index (χ1v) is 7.87. The summed E-state index contributed by atoms with van der Waals surface area (Å²) in [5.41, 5.74) is 3.82. The topological polar surface area (TPSA) is 45.1 Å². The largest absolute Gasteiger partial charge is 0.387 e. The van der Waals surface area contributed by atoms with Crippen molar-refractivity contribution in [2.24, 2.45) is 0 Å². The van der Waals surface area contributed by atoms with Crippen LogP contribution in [-0.2, 0) is 6.54 Å². The number of aromatic nitrogens is 1. The lowest BCUT2D eigenvalue weighted by atomic mass is 10.1. The number of aliphatic hydroxyl groups excluding tert-OH is 1. The fourth-order valence-corrected chi connectivity index (χ4v) is 2.53. The summed E-state index contributed by atoms with van der Waals surface area (Å²) >= 11 is 0. The summed E-state index contributed by atoms with van der Waals surface area (Å²) in [4.78, 5) is 4.35. The third kappa shape index (κ3) is 4.25. The minimum Gasteiger partial charge on any atom is -0.387 e. The third-order valence-corrected chi connectivity index (χ3v) is 3.81. The van der Waals surface area contributed by atoms with E-state index >= 15 is 0 Å². The van der Waals surface area contributed by atoms with Crippen molar-refractivity contribution in [3.05, 3.63) is 89.9 Å². The van der Waals surface area contributed by atoms with Crippen molar-refractivity contribution in [1.29, 1.82) is 0 Å². The van der Waals surface area contributed by atoms with Gasteiger partial charge in [0, 0.05) is 24.8 Å². The maximum atomic E-state index is 12.9. The first-order chi connectivity index (χ1) is 11.7. The lowest BCUT2D eigenvalue weighted by Crippen LogP contribution is -2.21. The van der Waals surface area contributed by atoms with Crippen LogP contribution >= 0.6 is 0 Å². The van der Waals surface area contributed by atoms with Crippen LogP contribution in [0.25, 0.3) is 11.3 Å². The van der Waals surface area contributed by atoms with Gasteiger partial charge in [0.15, 0.2) is 0 Å². The van der Waals surface area contributed by atoms with Crippen LogP contribution in [0.3, 0.4) is 0 Å². The minimum atomic E-state index is -0.662. The van der Waals surface area contributed by atoms with E-state index in [1.807, 2.05) is 36.4 Å². The Kier molecular flexibility index (Phi) is 5.31. The van der Waals surface area contributed by atoms with Crippen LogP contribution in [0.1, 0.15) is 17.2 Å². The number of nitrogens with zero attached hydrogens (tertiary/aromatic N) is 1. The highest BCUT2D eigenvalue weighted by Gasteiger charge is 2.07.